The molecule has 0 amide bonds. The standard InChI is InChI=1S/C12H17N3S3/c1-7-10(18-11(13)14-7)17-6-9-15-8(5-16-9)12(2,3)4/h5H,6H2,1-4H3,(H2,13,14). The Kier molecular flexibility index (Phi) is 3.99. The molecule has 18 heavy (non-hydrogen) atoms. The largest absolute Gasteiger partial charge is 0.375 e. The first kappa shape index (κ1) is 13.8. The number of nitrogens with two attached hydrogens (primary N) is 1. The van der Waals surface area contributed by atoms with E-state index >= 15 is 0 Å². The van der Waals surface area contributed by atoms with Crippen LogP contribution in [0, 0.1) is 6.92 Å². The van der Waals surface area contributed by atoms with E-state index in [1.165, 1.54) is 9.90 Å². The van der Waals surface area contributed by atoms with Crippen LogP contribution in [0.2, 0.25) is 0 Å². The lowest BCUT2D eigenvalue weighted by Crippen LogP contribution is -2.11. The van der Waals surface area contributed by atoms with E-state index in [0.29, 0.717) is 5.13 Å². The topological polar surface area (TPSA) is 51.8 Å². The second-order valence-corrected chi connectivity index (χ2v) is 8.31. The fourth-order valence-electron chi connectivity index (χ4n) is 1.39. The number of hydrogen-bond acceptors (Lipinski definition) is 6. The molecule has 0 aliphatic carbocycles. The van der Waals surface area contributed by atoms with Gasteiger partial charge in [-0.05, 0) is 6.92 Å². The summed E-state index contributed by atoms with van der Waals surface area (Å²) in [6.07, 6.45) is 0. The monoisotopic (exact) mass is 299 g/mol. The van der Waals surface area contributed by atoms with E-state index in [2.05, 4.69) is 36.1 Å². The Hall–Kier alpha value is -0.590. The molecule has 2 heterocycles. The molecule has 2 N–H and O–H groups in total. The van der Waals surface area contributed by atoms with Gasteiger partial charge in [0.05, 0.1) is 21.3 Å². The highest BCUT2D eigenvalue weighted by Gasteiger charge is 2.17. The van der Waals surface area contributed by atoms with Gasteiger partial charge >= 0.3 is 0 Å². The number of anilines is 1. The average molecular weight is 299 g/mol. The van der Waals surface area contributed by atoms with Crippen molar-refractivity contribution in [2.45, 2.75) is 43.1 Å². The van der Waals surface area contributed by atoms with Gasteiger partial charge in [0.2, 0.25) is 0 Å². The second kappa shape index (κ2) is 5.19. The summed E-state index contributed by atoms with van der Waals surface area (Å²) >= 11 is 5.05. The molecule has 3 nitrogen and oxygen atoms in total. The predicted molar refractivity (Wildman–Crippen MR) is 81.6 cm³/mol. The van der Waals surface area contributed by atoms with Crippen LogP contribution in [0.5, 0.6) is 0 Å². The minimum Gasteiger partial charge on any atom is -0.375 e. The Morgan fingerprint density at radius 1 is 1.33 bits per heavy atom. The van der Waals surface area contributed by atoms with E-state index in [1.807, 2.05) is 6.92 Å². The number of thioether (sulfide) groups is 1. The van der Waals surface area contributed by atoms with Crippen molar-refractivity contribution in [3.8, 4) is 0 Å². The second-order valence-electron chi connectivity index (χ2n) is 5.09. The van der Waals surface area contributed by atoms with Crippen LogP contribution in [0.3, 0.4) is 0 Å². The Labute approximate surface area is 120 Å². The lowest BCUT2D eigenvalue weighted by Gasteiger charge is -2.14. The zero-order chi connectivity index (χ0) is 13.3. The number of thiazole rings is 2. The molecule has 0 aliphatic heterocycles. The molecule has 0 fully saturated rings. The van der Waals surface area contributed by atoms with Crippen molar-refractivity contribution in [1.82, 2.24) is 9.97 Å². The zero-order valence-electron chi connectivity index (χ0n) is 11.0. The first-order chi connectivity index (χ1) is 8.36. The van der Waals surface area contributed by atoms with Gasteiger partial charge in [-0.15, -0.1) is 23.1 Å². The van der Waals surface area contributed by atoms with Crippen molar-refractivity contribution >= 4 is 39.6 Å². The van der Waals surface area contributed by atoms with Gasteiger partial charge in [0.25, 0.3) is 0 Å². The lowest BCUT2D eigenvalue weighted by molar-refractivity contribution is 0.572. The smallest absolute Gasteiger partial charge is 0.181 e. The van der Waals surface area contributed by atoms with Crippen molar-refractivity contribution < 1.29 is 0 Å². The van der Waals surface area contributed by atoms with Crippen LogP contribution in [0.15, 0.2) is 9.59 Å². The van der Waals surface area contributed by atoms with Gasteiger partial charge in [0.1, 0.15) is 5.01 Å². The minimum absolute atomic E-state index is 0.129. The minimum atomic E-state index is 0.129. The Morgan fingerprint density at radius 3 is 2.56 bits per heavy atom. The van der Waals surface area contributed by atoms with Crippen LogP contribution >= 0.6 is 34.4 Å². The van der Waals surface area contributed by atoms with Gasteiger partial charge in [-0.3, -0.25) is 0 Å². The van der Waals surface area contributed by atoms with Crippen molar-refractivity contribution in [3.05, 3.63) is 21.8 Å². The normalized spacial score (nSPS) is 12.0. The van der Waals surface area contributed by atoms with Gasteiger partial charge in [-0.1, -0.05) is 32.1 Å². The number of rotatable bonds is 3. The molecule has 2 rings (SSSR count). The average Bonchev–Trinajstić information content (AvgIpc) is 2.81. The van der Waals surface area contributed by atoms with E-state index in [0.717, 1.165) is 16.5 Å². The summed E-state index contributed by atoms with van der Waals surface area (Å²) in [5, 5.41) is 3.96. The van der Waals surface area contributed by atoms with Gasteiger partial charge in [-0.25, -0.2) is 9.97 Å². The molecule has 0 saturated carbocycles. The molecule has 6 heteroatoms. The van der Waals surface area contributed by atoms with Crippen molar-refractivity contribution in [2.75, 3.05) is 5.73 Å². The highest BCUT2D eigenvalue weighted by molar-refractivity contribution is 8.00. The Balaban J connectivity index is 2.03. The molecular formula is C12H17N3S3. The first-order valence-corrected chi connectivity index (χ1v) is 8.35. The summed E-state index contributed by atoms with van der Waals surface area (Å²) in [4.78, 5) is 8.91. The van der Waals surface area contributed by atoms with E-state index in [4.69, 9.17) is 5.73 Å². The van der Waals surface area contributed by atoms with Gasteiger partial charge < -0.3 is 5.73 Å². The third-order valence-corrected chi connectivity index (χ3v) is 5.81. The van der Waals surface area contributed by atoms with Crippen LogP contribution in [-0.2, 0) is 11.2 Å². The molecule has 0 spiro atoms. The van der Waals surface area contributed by atoms with E-state index in [1.54, 1.807) is 34.4 Å². The lowest BCUT2D eigenvalue weighted by atomic mass is 9.93. The molecule has 0 atom stereocenters. The Bertz CT molecular complexity index is 537. The van der Waals surface area contributed by atoms with Crippen LogP contribution < -0.4 is 5.73 Å². The maximum Gasteiger partial charge on any atom is 0.181 e. The quantitative estimate of drug-likeness (QED) is 0.868. The summed E-state index contributed by atoms with van der Waals surface area (Å²) < 4.78 is 1.19. The van der Waals surface area contributed by atoms with Crippen molar-refractivity contribution in [1.29, 1.82) is 0 Å². The molecule has 0 bridgehead atoms. The molecule has 0 saturated heterocycles. The third-order valence-electron chi connectivity index (χ3n) is 2.42. The third kappa shape index (κ3) is 3.24. The van der Waals surface area contributed by atoms with Crippen molar-refractivity contribution in [3.63, 3.8) is 0 Å². The number of nitrogens with zero attached hydrogens (tertiary/aromatic N) is 2. The highest BCUT2D eigenvalue weighted by atomic mass is 32.2. The molecular weight excluding hydrogens is 282 g/mol. The van der Waals surface area contributed by atoms with E-state index in [-0.39, 0.29) is 5.41 Å². The molecule has 2 aromatic rings. The summed E-state index contributed by atoms with van der Waals surface area (Å²) in [6.45, 7) is 8.56. The molecule has 0 aromatic carbocycles. The van der Waals surface area contributed by atoms with Crippen LogP contribution in [0.1, 0.15) is 37.2 Å². The highest BCUT2D eigenvalue weighted by Crippen LogP contribution is 2.34. The first-order valence-electron chi connectivity index (χ1n) is 5.67. The fraction of sp³-hybridized carbons (Fsp3) is 0.500. The Morgan fingerprint density at radius 2 is 2.06 bits per heavy atom. The molecule has 0 radical (unpaired) electrons. The fourth-order valence-corrected chi connectivity index (χ4v) is 4.45. The van der Waals surface area contributed by atoms with E-state index in [9.17, 15) is 0 Å². The van der Waals surface area contributed by atoms with Crippen LogP contribution in [-0.4, -0.2) is 9.97 Å². The molecule has 98 valence electrons. The van der Waals surface area contributed by atoms with Gasteiger partial charge in [-0.2, -0.15) is 0 Å². The van der Waals surface area contributed by atoms with Crippen molar-refractivity contribution in [2.24, 2.45) is 0 Å². The summed E-state index contributed by atoms with van der Waals surface area (Å²) in [5.74, 6) is 0.892. The number of hydrogen-bond donors (Lipinski definition) is 1. The number of aromatic nitrogens is 2. The van der Waals surface area contributed by atoms with Crippen LogP contribution in [0.25, 0.3) is 0 Å². The molecule has 2 aromatic heterocycles. The van der Waals surface area contributed by atoms with Gasteiger partial charge in [0, 0.05) is 10.8 Å². The SMILES string of the molecule is Cc1nc(N)sc1SCc1nc(C(C)(C)C)cs1. The maximum absolute atomic E-state index is 5.69. The zero-order valence-corrected chi connectivity index (χ0v) is 13.4. The van der Waals surface area contributed by atoms with Crippen LogP contribution in [0.4, 0.5) is 5.13 Å². The molecule has 0 aliphatic rings. The maximum atomic E-state index is 5.69. The number of aryl methyl sites for hydroxylation is 1. The summed E-state index contributed by atoms with van der Waals surface area (Å²) in [5.41, 5.74) is 8.01. The summed E-state index contributed by atoms with van der Waals surface area (Å²) in [7, 11) is 0. The van der Waals surface area contributed by atoms with Gasteiger partial charge in [0.15, 0.2) is 5.13 Å². The molecule has 0 unspecified atom stereocenters. The van der Waals surface area contributed by atoms with E-state index < -0.39 is 0 Å². The number of nitrogen functional groups attached to an aromatic ring is 1. The predicted octanol–water partition coefficient (Wildman–Crippen LogP) is 4.08. The summed E-state index contributed by atoms with van der Waals surface area (Å²) in [6, 6.07) is 0.